The molecule has 296 valence electrons. The summed E-state index contributed by atoms with van der Waals surface area (Å²) >= 11 is 0. The van der Waals surface area contributed by atoms with Gasteiger partial charge in [-0.05, 0) is 59.8 Å². The van der Waals surface area contributed by atoms with E-state index in [9.17, 15) is 26.3 Å². The molecule has 0 unspecified atom stereocenters. The molecule has 0 atom stereocenters. The maximum Gasteiger partial charge on any atom is 2.00 e. The van der Waals surface area contributed by atoms with Gasteiger partial charge in [-0.15, -0.1) is 0 Å². The molecule has 6 rings (SSSR count). The number of halogens is 6. The Morgan fingerprint density at radius 3 is 0.860 bits per heavy atom. The van der Waals surface area contributed by atoms with Crippen molar-refractivity contribution >= 4 is 59.6 Å². The first kappa shape index (κ1) is 46.3. The van der Waals surface area contributed by atoms with Gasteiger partial charge in [0.2, 0.25) is 0 Å². The maximum atomic E-state index is 10.5. The van der Waals surface area contributed by atoms with Crippen LogP contribution in [0.1, 0.15) is 0 Å². The Hall–Kier alpha value is -5.08. The molecule has 0 saturated heterocycles. The predicted octanol–water partition coefficient (Wildman–Crippen LogP) is 5.48. The number of carboxylic acids is 2. The molecule has 0 aliphatic rings. The van der Waals surface area contributed by atoms with Crippen molar-refractivity contribution in [2.24, 2.45) is 0 Å². The summed E-state index contributed by atoms with van der Waals surface area (Å²) in [7, 11) is 1.74. The zero-order valence-corrected chi connectivity index (χ0v) is 33.5. The monoisotopic (exact) mass is 910 g/mol. The number of rotatable bonds is 9. The minimum Gasteiger partial charge on any atom is -0.542 e. The van der Waals surface area contributed by atoms with E-state index >= 15 is 0 Å². The second-order valence-corrected chi connectivity index (χ2v) is 15.7. The van der Waals surface area contributed by atoms with Crippen LogP contribution in [0.15, 0.2) is 158 Å². The summed E-state index contributed by atoms with van der Waals surface area (Å²) in [4.78, 5) is 17.6. The van der Waals surface area contributed by atoms with E-state index in [0.29, 0.717) is 0 Å². The summed E-state index contributed by atoms with van der Waals surface area (Å²) in [5.74, 6) is -4.33. The van der Waals surface area contributed by atoms with Gasteiger partial charge in [0.25, 0.3) is 0 Å². The largest absolute Gasteiger partial charge is 2.00 e. The van der Waals surface area contributed by atoms with Crippen molar-refractivity contribution in [1.82, 2.24) is 0 Å². The molecule has 57 heavy (non-hydrogen) atoms. The summed E-state index contributed by atoms with van der Waals surface area (Å²) in [6, 6.07) is 56.2. The molecule has 6 aromatic rings. The Bertz CT molecular complexity index is 1940. The van der Waals surface area contributed by atoms with E-state index < -0.39 is 40.1 Å². The summed E-state index contributed by atoms with van der Waals surface area (Å²) in [5, 5.41) is 25.2. The van der Waals surface area contributed by atoms with Gasteiger partial charge < -0.3 is 29.3 Å². The van der Waals surface area contributed by atoms with Crippen molar-refractivity contribution in [3.05, 3.63) is 158 Å². The topological polar surface area (TPSA) is 98.7 Å². The van der Waals surface area contributed by atoms with Crippen molar-refractivity contribution in [3.63, 3.8) is 0 Å². The fourth-order valence-corrected chi connectivity index (χ4v) is 10.4. The average molecular weight is 910 g/mol. The Kier molecular flexibility index (Phi) is 17.4. The third kappa shape index (κ3) is 12.5. The van der Waals surface area contributed by atoms with Crippen LogP contribution in [-0.4, -0.2) is 38.5 Å². The van der Waals surface area contributed by atoms with Gasteiger partial charge in [-0.3, -0.25) is 0 Å². The summed E-state index contributed by atoms with van der Waals surface area (Å²) < 4.78 is 75.4. The van der Waals surface area contributed by atoms with E-state index in [1.807, 2.05) is 0 Å². The van der Waals surface area contributed by atoms with Gasteiger partial charge >= 0.3 is 31.8 Å². The van der Waals surface area contributed by atoms with Crippen LogP contribution in [0.5, 0.6) is 11.5 Å². The minimum atomic E-state index is -5.19. The van der Waals surface area contributed by atoms with Crippen molar-refractivity contribution in [3.8, 4) is 22.6 Å². The Labute approximate surface area is 340 Å². The molecule has 15 heteroatoms. The number of carbonyl (C=O) groups excluding carboxylic acids is 2. The second kappa shape index (κ2) is 21.4. The molecule has 0 fully saturated rings. The normalized spacial score (nSPS) is 10.9. The van der Waals surface area contributed by atoms with Crippen LogP contribution in [0, 0.1) is 0 Å². The van der Waals surface area contributed by atoms with Crippen LogP contribution in [-0.2, 0) is 29.1 Å². The molecule has 0 spiro atoms. The third-order valence-electron chi connectivity index (χ3n) is 7.70. The predicted molar refractivity (Wildman–Crippen MR) is 205 cm³/mol. The molecular weight excluding hydrogens is 877 g/mol. The molecule has 0 bridgehead atoms. The minimum absolute atomic E-state index is 0. The average Bonchev–Trinajstić information content (AvgIpc) is 3.19. The number of methoxy groups -OCH3 is 2. The fourth-order valence-electron chi connectivity index (χ4n) is 5.42. The quantitative estimate of drug-likeness (QED) is 0.108. The van der Waals surface area contributed by atoms with Gasteiger partial charge in [0.1, 0.15) is 23.4 Å². The number of benzene rings is 6. The Balaban J connectivity index is 0.000000498. The maximum absolute atomic E-state index is 10.5. The Morgan fingerprint density at radius 2 is 0.667 bits per heavy atom. The molecule has 0 aromatic heterocycles. The third-order valence-corrected chi connectivity index (χ3v) is 12.7. The van der Waals surface area contributed by atoms with Crippen molar-refractivity contribution in [1.29, 1.82) is 0 Å². The van der Waals surface area contributed by atoms with E-state index in [2.05, 4.69) is 158 Å². The van der Waals surface area contributed by atoms with E-state index in [4.69, 9.17) is 29.3 Å². The molecular formula is C42H32F6O6P2Ru. The van der Waals surface area contributed by atoms with E-state index in [1.165, 1.54) is 31.8 Å². The van der Waals surface area contributed by atoms with Crippen LogP contribution in [0.3, 0.4) is 0 Å². The number of carboxylic acid groups (broad SMARTS) is 2. The summed E-state index contributed by atoms with van der Waals surface area (Å²) in [6.07, 6.45) is -10.4. The van der Waals surface area contributed by atoms with Crippen LogP contribution in [0.4, 0.5) is 26.3 Å². The van der Waals surface area contributed by atoms with Gasteiger partial charge in [-0.1, -0.05) is 146 Å². The van der Waals surface area contributed by atoms with E-state index in [0.717, 1.165) is 22.6 Å². The van der Waals surface area contributed by atoms with Crippen LogP contribution >= 0.6 is 15.8 Å². The number of aliphatic carboxylic acids is 2. The van der Waals surface area contributed by atoms with Crippen LogP contribution in [0.2, 0.25) is 0 Å². The number of alkyl halides is 6. The number of ether oxygens (including phenoxy) is 2. The standard InChI is InChI=1S/C38H32O2P2.2C2HF3O2.Ru/c1-39-33-25-15-27-35(41(29-17-7-3-8-18-29)30-19-9-4-10-20-30)37(33)38-34(40-2)26-16-28-36(38)42(31-21-11-5-12-22-31)32-23-13-6-14-24-32;2*3-2(4,5)1(6)7;/h3-28H,1-2H3;2*(H,6,7);/q;;;+2/p-2. The number of hydrogen-bond donors (Lipinski definition) is 0. The zero-order valence-electron chi connectivity index (χ0n) is 30.0. The Morgan fingerprint density at radius 1 is 0.439 bits per heavy atom. The van der Waals surface area contributed by atoms with Crippen molar-refractivity contribution < 1.29 is 75.1 Å². The molecule has 0 radical (unpaired) electrons. The summed E-state index contributed by atoms with van der Waals surface area (Å²) in [6.45, 7) is 0. The molecule has 0 saturated carbocycles. The first-order chi connectivity index (χ1) is 26.7. The van der Waals surface area contributed by atoms with Crippen LogP contribution < -0.4 is 51.5 Å². The first-order valence-corrected chi connectivity index (χ1v) is 19.1. The summed E-state index contributed by atoms with van der Waals surface area (Å²) in [5.41, 5.74) is 2.18. The van der Waals surface area contributed by atoms with Crippen molar-refractivity contribution in [2.75, 3.05) is 14.2 Å². The van der Waals surface area contributed by atoms with E-state index in [-0.39, 0.29) is 19.5 Å². The molecule has 0 heterocycles. The van der Waals surface area contributed by atoms with Crippen LogP contribution in [0.25, 0.3) is 11.1 Å². The number of carbonyl (C=O) groups is 2. The molecule has 6 nitrogen and oxygen atoms in total. The second-order valence-electron chi connectivity index (χ2n) is 11.3. The number of hydrogen-bond acceptors (Lipinski definition) is 6. The van der Waals surface area contributed by atoms with Gasteiger partial charge in [-0.2, -0.15) is 26.3 Å². The van der Waals surface area contributed by atoms with Gasteiger partial charge in [0.05, 0.1) is 14.2 Å². The molecule has 0 N–H and O–H groups in total. The van der Waals surface area contributed by atoms with E-state index in [1.54, 1.807) is 14.2 Å². The smallest absolute Gasteiger partial charge is 0.542 e. The molecule has 6 aromatic carbocycles. The van der Waals surface area contributed by atoms with Gasteiger partial charge in [-0.25, -0.2) is 0 Å². The molecule has 0 aliphatic heterocycles. The van der Waals surface area contributed by atoms with Gasteiger partial charge in [0.15, 0.2) is 0 Å². The first-order valence-electron chi connectivity index (χ1n) is 16.4. The van der Waals surface area contributed by atoms with Crippen molar-refractivity contribution in [2.45, 2.75) is 12.4 Å². The zero-order chi connectivity index (χ0) is 40.9. The molecule has 0 aliphatic carbocycles. The molecule has 0 amide bonds. The van der Waals surface area contributed by atoms with Gasteiger partial charge in [0, 0.05) is 11.1 Å². The fraction of sp³-hybridized carbons (Fsp3) is 0.0952. The SMILES string of the molecule is COc1cccc(P(c2ccccc2)c2ccccc2)c1-c1c(OC)cccc1P(c1ccccc1)c1ccccc1.O=C([O-])C(F)(F)F.O=C([O-])C(F)(F)F.[Ru+2].